The first kappa shape index (κ1) is 10.2. The number of hydrogen-bond donors (Lipinski definition) is 0. The Kier molecular flexibility index (Phi) is 4.86. The van der Waals surface area contributed by atoms with Crippen LogP contribution < -0.4 is 0 Å². The van der Waals surface area contributed by atoms with Crippen molar-refractivity contribution in [1.29, 1.82) is 0 Å². The minimum atomic E-state index is 0.727. The molecule has 0 nitrogen and oxygen atoms in total. The van der Waals surface area contributed by atoms with Crippen LogP contribution in [0.4, 0.5) is 0 Å². The minimum Gasteiger partial charge on any atom is -0.150 e. The maximum Gasteiger partial charge on any atom is 0.0230 e. The van der Waals surface area contributed by atoms with E-state index in [0.717, 1.165) is 11.0 Å². The molecule has 0 saturated carbocycles. The van der Waals surface area contributed by atoms with Gasteiger partial charge in [0.25, 0.3) is 0 Å². The lowest BCUT2D eigenvalue weighted by atomic mass is 10.1. The van der Waals surface area contributed by atoms with E-state index < -0.39 is 0 Å². The highest BCUT2D eigenvalue weighted by molar-refractivity contribution is 8.00. The van der Waals surface area contributed by atoms with Crippen molar-refractivity contribution in [1.82, 2.24) is 0 Å². The molecule has 0 amide bonds. The summed E-state index contributed by atoms with van der Waals surface area (Å²) in [4.78, 5) is 0. The van der Waals surface area contributed by atoms with Gasteiger partial charge >= 0.3 is 0 Å². The van der Waals surface area contributed by atoms with Crippen molar-refractivity contribution < 1.29 is 0 Å². The van der Waals surface area contributed by atoms with Crippen molar-refractivity contribution in [3.05, 3.63) is 23.3 Å². The van der Waals surface area contributed by atoms with Crippen molar-refractivity contribution in [2.45, 2.75) is 31.4 Å². The second-order valence-corrected chi connectivity index (χ2v) is 4.61. The van der Waals surface area contributed by atoms with E-state index in [-0.39, 0.29) is 0 Å². The van der Waals surface area contributed by atoms with Crippen LogP contribution in [0.15, 0.2) is 23.3 Å². The van der Waals surface area contributed by atoms with E-state index in [2.05, 4.69) is 19.1 Å². The van der Waals surface area contributed by atoms with E-state index >= 15 is 0 Å². The fourth-order valence-corrected chi connectivity index (χ4v) is 2.47. The molecule has 0 saturated heterocycles. The lowest BCUT2D eigenvalue weighted by Gasteiger charge is -2.15. The van der Waals surface area contributed by atoms with Gasteiger partial charge in [0.1, 0.15) is 0 Å². The Morgan fingerprint density at radius 2 is 2.58 bits per heavy atom. The first-order chi connectivity index (χ1) is 5.83. The molecule has 0 fully saturated rings. The van der Waals surface area contributed by atoms with E-state index in [1.807, 2.05) is 11.8 Å². The van der Waals surface area contributed by atoms with E-state index in [4.69, 9.17) is 11.6 Å². The monoisotopic (exact) mass is 202 g/mol. The molecule has 0 heterocycles. The van der Waals surface area contributed by atoms with Crippen molar-refractivity contribution >= 4 is 23.4 Å². The maximum absolute atomic E-state index is 5.58. The fraction of sp³-hybridized carbons (Fsp3) is 0.600. The molecule has 1 aliphatic rings. The Morgan fingerprint density at radius 1 is 1.75 bits per heavy atom. The smallest absolute Gasteiger partial charge is 0.0230 e. The second kappa shape index (κ2) is 5.71. The van der Waals surface area contributed by atoms with Crippen molar-refractivity contribution in [2.24, 2.45) is 0 Å². The van der Waals surface area contributed by atoms with Crippen molar-refractivity contribution in [2.75, 3.05) is 5.75 Å². The lowest BCUT2D eigenvalue weighted by Crippen LogP contribution is -2.03. The van der Waals surface area contributed by atoms with E-state index in [0.29, 0.717) is 0 Å². The number of allylic oxidation sites excluding steroid dienone is 1. The molecule has 1 rings (SSSR count). The quantitative estimate of drug-likeness (QED) is 0.625. The minimum absolute atomic E-state index is 0.727. The van der Waals surface area contributed by atoms with Crippen LogP contribution in [0.25, 0.3) is 0 Å². The van der Waals surface area contributed by atoms with Gasteiger partial charge in [-0.05, 0) is 26.2 Å². The van der Waals surface area contributed by atoms with Crippen LogP contribution in [0.3, 0.4) is 0 Å². The number of rotatable bonds is 3. The molecular formula is C10H15ClS. The maximum atomic E-state index is 5.58. The molecule has 1 unspecified atom stereocenters. The van der Waals surface area contributed by atoms with Crippen LogP contribution in [0.1, 0.15) is 26.2 Å². The van der Waals surface area contributed by atoms with Crippen LogP contribution in [0.2, 0.25) is 0 Å². The molecule has 0 bridgehead atoms. The summed E-state index contributed by atoms with van der Waals surface area (Å²) in [5.41, 5.74) is 2.94. The Labute approximate surface area is 84.1 Å². The van der Waals surface area contributed by atoms with Crippen molar-refractivity contribution in [3.63, 3.8) is 0 Å². The fourth-order valence-electron chi connectivity index (χ4n) is 1.19. The summed E-state index contributed by atoms with van der Waals surface area (Å²) in [5.74, 6) is 1.07. The summed E-state index contributed by atoms with van der Waals surface area (Å²) >= 11 is 7.57. The van der Waals surface area contributed by atoms with Gasteiger partial charge in [-0.25, -0.2) is 0 Å². The molecule has 68 valence electrons. The van der Waals surface area contributed by atoms with Gasteiger partial charge in [0, 0.05) is 16.5 Å². The largest absolute Gasteiger partial charge is 0.150 e. The molecule has 1 aliphatic carbocycles. The summed E-state index contributed by atoms with van der Waals surface area (Å²) in [7, 11) is 0. The second-order valence-electron chi connectivity index (χ2n) is 3.16. The standard InChI is InChI=1S/C10H15ClS/c1-9(7-11)8-12-10-5-3-2-4-6-10/h3,5,7,10H,2,4,6,8H2,1H3/b9-7-. The van der Waals surface area contributed by atoms with Crippen molar-refractivity contribution in [3.8, 4) is 0 Å². The molecule has 12 heavy (non-hydrogen) atoms. The first-order valence-electron chi connectivity index (χ1n) is 4.37. The van der Waals surface area contributed by atoms with Gasteiger partial charge in [-0.2, -0.15) is 0 Å². The highest BCUT2D eigenvalue weighted by Crippen LogP contribution is 2.24. The summed E-state index contributed by atoms with van der Waals surface area (Å²) < 4.78 is 0. The zero-order chi connectivity index (χ0) is 8.81. The zero-order valence-corrected chi connectivity index (χ0v) is 9.00. The number of hydrogen-bond acceptors (Lipinski definition) is 1. The molecule has 1 atom stereocenters. The van der Waals surface area contributed by atoms with Gasteiger partial charge in [-0.15, -0.1) is 11.8 Å². The Morgan fingerprint density at radius 3 is 3.17 bits per heavy atom. The number of halogens is 1. The average Bonchev–Trinajstić information content (AvgIpc) is 2.16. The summed E-state index contributed by atoms with van der Waals surface area (Å²) in [6.07, 6.45) is 8.56. The van der Waals surface area contributed by atoms with Crippen LogP contribution in [-0.2, 0) is 0 Å². The molecule has 0 spiro atoms. The summed E-state index contributed by atoms with van der Waals surface area (Å²) in [6, 6.07) is 0. The Balaban J connectivity index is 2.22. The van der Waals surface area contributed by atoms with Crippen LogP contribution in [0.5, 0.6) is 0 Å². The van der Waals surface area contributed by atoms with Crippen LogP contribution in [0, 0.1) is 0 Å². The van der Waals surface area contributed by atoms with E-state index in [1.54, 1.807) is 5.54 Å². The third-order valence-electron chi connectivity index (χ3n) is 1.92. The van der Waals surface area contributed by atoms with Crippen LogP contribution >= 0.6 is 23.4 Å². The van der Waals surface area contributed by atoms with Gasteiger partial charge in [0.05, 0.1) is 0 Å². The van der Waals surface area contributed by atoms with Gasteiger partial charge in [-0.3, -0.25) is 0 Å². The van der Waals surface area contributed by atoms with Gasteiger partial charge < -0.3 is 0 Å². The predicted octanol–water partition coefficient (Wildman–Crippen LogP) is 3.97. The molecule has 0 aromatic rings. The first-order valence-corrected chi connectivity index (χ1v) is 5.85. The lowest BCUT2D eigenvalue weighted by molar-refractivity contribution is 0.741. The van der Waals surface area contributed by atoms with E-state index in [1.165, 1.54) is 24.8 Å². The highest BCUT2D eigenvalue weighted by atomic mass is 35.5. The Hall–Kier alpha value is 0.120. The predicted molar refractivity (Wildman–Crippen MR) is 58.8 cm³/mol. The van der Waals surface area contributed by atoms with E-state index in [9.17, 15) is 0 Å². The van der Waals surface area contributed by atoms with Gasteiger partial charge in [0.15, 0.2) is 0 Å². The molecule has 0 radical (unpaired) electrons. The average molecular weight is 203 g/mol. The molecule has 0 N–H and O–H groups in total. The normalized spacial score (nSPS) is 24.5. The molecule has 0 aromatic heterocycles. The molecular weight excluding hydrogens is 188 g/mol. The topological polar surface area (TPSA) is 0 Å². The summed E-state index contributed by atoms with van der Waals surface area (Å²) in [6.45, 7) is 2.08. The van der Waals surface area contributed by atoms with Crippen LogP contribution in [-0.4, -0.2) is 11.0 Å². The third kappa shape index (κ3) is 3.68. The third-order valence-corrected chi connectivity index (χ3v) is 3.74. The SMILES string of the molecule is C/C(=C/Cl)CSC1C=CCCC1. The number of thioether (sulfide) groups is 1. The van der Waals surface area contributed by atoms with Gasteiger partial charge in [0.2, 0.25) is 0 Å². The molecule has 2 heteroatoms. The highest BCUT2D eigenvalue weighted by Gasteiger charge is 2.07. The molecule has 0 aromatic carbocycles. The Bertz CT molecular complexity index is 184. The summed E-state index contributed by atoms with van der Waals surface area (Å²) in [5, 5.41) is 0.727. The molecule has 0 aliphatic heterocycles. The van der Waals surface area contributed by atoms with Gasteiger partial charge in [-0.1, -0.05) is 29.3 Å². The zero-order valence-electron chi connectivity index (χ0n) is 7.42.